The van der Waals surface area contributed by atoms with E-state index in [1.165, 1.54) is 24.2 Å². The fourth-order valence-corrected chi connectivity index (χ4v) is 4.54. The minimum atomic E-state index is -0.719. The Bertz CT molecular complexity index is 671. The second kappa shape index (κ2) is 11.2. The topological polar surface area (TPSA) is 37.3 Å². The number of benzene rings is 2. The van der Waals surface area contributed by atoms with E-state index in [0.29, 0.717) is 5.92 Å². The largest absolute Gasteiger partial charge is 0.481 e. The van der Waals surface area contributed by atoms with Crippen molar-refractivity contribution in [2.45, 2.75) is 57.3 Å². The van der Waals surface area contributed by atoms with E-state index in [-0.39, 0.29) is 11.8 Å². The van der Waals surface area contributed by atoms with Crippen molar-refractivity contribution in [1.29, 1.82) is 0 Å². The minimum Gasteiger partial charge on any atom is -0.481 e. The Morgan fingerprint density at radius 3 is 2.22 bits per heavy atom. The second-order valence-corrected chi connectivity index (χ2v) is 8.89. The molecule has 0 aromatic heterocycles. The molecule has 0 aliphatic heterocycles. The van der Waals surface area contributed by atoms with Crippen molar-refractivity contribution in [3.05, 3.63) is 71.8 Å². The lowest BCUT2D eigenvalue weighted by Gasteiger charge is -2.28. The molecule has 0 bridgehead atoms. The van der Waals surface area contributed by atoms with Crippen molar-refractivity contribution in [3.8, 4) is 0 Å². The Labute approximate surface area is 168 Å². The number of hydrogen-bond donors (Lipinski definition) is 1. The van der Waals surface area contributed by atoms with Gasteiger partial charge in [0.1, 0.15) is 0 Å². The molecule has 2 nitrogen and oxygen atoms in total. The number of carbonyl (C=O) groups is 1. The third kappa shape index (κ3) is 7.42. The Hall–Kier alpha value is -1.74. The molecule has 146 valence electrons. The SMILES string of the molecule is CC(CCCSCCCC(C)(CC(=O)O)c1ccccc1)c1ccccc1. The number of rotatable bonds is 12. The average Bonchev–Trinajstić information content (AvgIpc) is 2.68. The Kier molecular flexibility index (Phi) is 8.93. The Balaban J connectivity index is 1.69. The highest BCUT2D eigenvalue weighted by Gasteiger charge is 2.28. The molecule has 2 aromatic rings. The first-order valence-electron chi connectivity index (χ1n) is 9.91. The molecular weight excluding hydrogens is 352 g/mol. The lowest BCUT2D eigenvalue weighted by Crippen LogP contribution is -2.26. The highest BCUT2D eigenvalue weighted by atomic mass is 32.2. The van der Waals surface area contributed by atoms with Gasteiger partial charge in [-0.15, -0.1) is 0 Å². The van der Waals surface area contributed by atoms with Crippen LogP contribution in [0.3, 0.4) is 0 Å². The van der Waals surface area contributed by atoms with Gasteiger partial charge in [0.15, 0.2) is 0 Å². The van der Waals surface area contributed by atoms with Gasteiger partial charge in [-0.25, -0.2) is 0 Å². The van der Waals surface area contributed by atoms with E-state index in [9.17, 15) is 9.90 Å². The van der Waals surface area contributed by atoms with Crippen LogP contribution < -0.4 is 0 Å². The molecule has 2 rings (SSSR count). The van der Waals surface area contributed by atoms with Crippen molar-refractivity contribution < 1.29 is 9.90 Å². The summed E-state index contributed by atoms with van der Waals surface area (Å²) in [5.74, 6) is 2.17. The van der Waals surface area contributed by atoms with Crippen LogP contribution in [0.5, 0.6) is 0 Å². The lowest BCUT2D eigenvalue weighted by molar-refractivity contribution is -0.138. The van der Waals surface area contributed by atoms with Gasteiger partial charge in [0, 0.05) is 5.41 Å². The van der Waals surface area contributed by atoms with Crippen molar-refractivity contribution in [2.24, 2.45) is 0 Å². The Morgan fingerprint density at radius 1 is 1.00 bits per heavy atom. The monoisotopic (exact) mass is 384 g/mol. The third-order valence-electron chi connectivity index (χ3n) is 5.32. The van der Waals surface area contributed by atoms with E-state index in [0.717, 1.165) is 24.2 Å². The normalized spacial score (nSPS) is 14.4. The highest BCUT2D eigenvalue weighted by molar-refractivity contribution is 7.99. The molecule has 0 aliphatic carbocycles. The zero-order chi connectivity index (χ0) is 19.5. The summed E-state index contributed by atoms with van der Waals surface area (Å²) in [5.41, 5.74) is 2.28. The molecule has 1 N–H and O–H groups in total. The van der Waals surface area contributed by atoms with Crippen LogP contribution in [0.4, 0.5) is 0 Å². The van der Waals surface area contributed by atoms with E-state index < -0.39 is 5.97 Å². The molecule has 2 unspecified atom stereocenters. The van der Waals surface area contributed by atoms with Gasteiger partial charge in [-0.2, -0.15) is 11.8 Å². The van der Waals surface area contributed by atoms with Crippen LogP contribution in [0, 0.1) is 0 Å². The molecule has 0 aliphatic rings. The summed E-state index contributed by atoms with van der Waals surface area (Å²) in [4.78, 5) is 11.3. The summed E-state index contributed by atoms with van der Waals surface area (Å²) in [7, 11) is 0. The van der Waals surface area contributed by atoms with Gasteiger partial charge in [-0.3, -0.25) is 4.79 Å². The van der Waals surface area contributed by atoms with E-state index in [1.54, 1.807) is 0 Å². The molecule has 0 fully saturated rings. The second-order valence-electron chi connectivity index (χ2n) is 7.67. The van der Waals surface area contributed by atoms with Crippen LogP contribution in [-0.4, -0.2) is 22.6 Å². The summed E-state index contributed by atoms with van der Waals surface area (Å²) < 4.78 is 0. The van der Waals surface area contributed by atoms with E-state index in [2.05, 4.69) is 56.3 Å². The van der Waals surface area contributed by atoms with Gasteiger partial charge in [0.25, 0.3) is 0 Å². The van der Waals surface area contributed by atoms with Crippen LogP contribution in [0.25, 0.3) is 0 Å². The fourth-order valence-electron chi connectivity index (χ4n) is 3.62. The lowest BCUT2D eigenvalue weighted by atomic mass is 9.76. The van der Waals surface area contributed by atoms with Gasteiger partial charge >= 0.3 is 5.97 Å². The average molecular weight is 385 g/mol. The van der Waals surface area contributed by atoms with Crippen molar-refractivity contribution in [1.82, 2.24) is 0 Å². The third-order valence-corrected chi connectivity index (χ3v) is 6.48. The molecule has 3 heteroatoms. The summed E-state index contributed by atoms with van der Waals surface area (Å²) in [6, 6.07) is 20.8. The standard InChI is InChI=1S/C24H32O2S/c1-20(21-12-5-3-6-13-21)11-9-17-27-18-10-16-24(2,19-23(25)26)22-14-7-4-8-15-22/h3-8,12-15,20H,9-11,16-19H2,1-2H3,(H,25,26). The van der Waals surface area contributed by atoms with E-state index >= 15 is 0 Å². The molecule has 0 saturated carbocycles. The van der Waals surface area contributed by atoms with Crippen molar-refractivity contribution in [3.63, 3.8) is 0 Å². The summed E-state index contributed by atoms with van der Waals surface area (Å²) >= 11 is 2.00. The van der Waals surface area contributed by atoms with Gasteiger partial charge in [0.2, 0.25) is 0 Å². The quantitative estimate of drug-likeness (QED) is 0.423. The maximum absolute atomic E-state index is 11.3. The van der Waals surface area contributed by atoms with E-state index in [4.69, 9.17) is 0 Å². The van der Waals surface area contributed by atoms with Gasteiger partial charge in [-0.1, -0.05) is 74.5 Å². The maximum Gasteiger partial charge on any atom is 0.304 e. The molecule has 2 aromatic carbocycles. The summed E-state index contributed by atoms with van der Waals surface area (Å²) in [6.07, 6.45) is 4.61. The van der Waals surface area contributed by atoms with Gasteiger partial charge < -0.3 is 5.11 Å². The predicted molar refractivity (Wildman–Crippen MR) is 117 cm³/mol. The molecule has 0 spiro atoms. The smallest absolute Gasteiger partial charge is 0.304 e. The number of carboxylic acid groups (broad SMARTS) is 1. The first kappa shape index (κ1) is 21.6. The number of aliphatic carboxylic acids is 1. The zero-order valence-electron chi connectivity index (χ0n) is 16.6. The van der Waals surface area contributed by atoms with Crippen LogP contribution in [0.1, 0.15) is 63.0 Å². The van der Waals surface area contributed by atoms with Crippen molar-refractivity contribution in [2.75, 3.05) is 11.5 Å². The molecule has 0 heterocycles. The maximum atomic E-state index is 11.3. The highest BCUT2D eigenvalue weighted by Crippen LogP contribution is 2.33. The molecule has 27 heavy (non-hydrogen) atoms. The zero-order valence-corrected chi connectivity index (χ0v) is 17.4. The predicted octanol–water partition coefficient (Wildman–Crippen LogP) is 6.52. The minimum absolute atomic E-state index is 0.191. The summed E-state index contributed by atoms with van der Waals surface area (Å²) in [5, 5.41) is 9.32. The summed E-state index contributed by atoms with van der Waals surface area (Å²) in [6.45, 7) is 4.39. The molecule has 0 radical (unpaired) electrons. The number of thioether (sulfide) groups is 1. The van der Waals surface area contributed by atoms with Crippen LogP contribution in [0.15, 0.2) is 60.7 Å². The first-order chi connectivity index (χ1) is 13.0. The van der Waals surface area contributed by atoms with E-state index in [1.807, 2.05) is 30.0 Å². The number of carboxylic acids is 1. The Morgan fingerprint density at radius 2 is 1.59 bits per heavy atom. The number of hydrogen-bond acceptors (Lipinski definition) is 2. The first-order valence-corrected chi connectivity index (χ1v) is 11.1. The molecule has 0 saturated heterocycles. The van der Waals surface area contributed by atoms with Crippen LogP contribution in [0.2, 0.25) is 0 Å². The van der Waals surface area contributed by atoms with Crippen LogP contribution in [-0.2, 0) is 10.2 Å². The molecule has 2 atom stereocenters. The van der Waals surface area contributed by atoms with Crippen molar-refractivity contribution >= 4 is 17.7 Å². The van der Waals surface area contributed by atoms with Crippen LogP contribution >= 0.6 is 11.8 Å². The van der Waals surface area contributed by atoms with Gasteiger partial charge in [-0.05, 0) is 54.2 Å². The fraction of sp³-hybridized carbons (Fsp3) is 0.458. The molecular formula is C24H32O2S. The van der Waals surface area contributed by atoms with Gasteiger partial charge in [0.05, 0.1) is 6.42 Å². The molecule has 0 amide bonds.